The number of rotatable bonds is 3. The van der Waals surface area contributed by atoms with Crippen molar-refractivity contribution in [2.75, 3.05) is 30.9 Å². The fourth-order valence-electron chi connectivity index (χ4n) is 1.09. The maximum Gasteiger partial charge on any atom is 0.224 e. The van der Waals surface area contributed by atoms with Gasteiger partial charge in [-0.1, -0.05) is 0 Å². The molecule has 0 saturated heterocycles. The summed E-state index contributed by atoms with van der Waals surface area (Å²) in [7, 11) is 3.84. The highest BCUT2D eigenvalue weighted by molar-refractivity contribution is 5.47. The van der Waals surface area contributed by atoms with Crippen molar-refractivity contribution in [3.8, 4) is 0 Å². The van der Waals surface area contributed by atoms with E-state index >= 15 is 0 Å². The van der Waals surface area contributed by atoms with Crippen LogP contribution in [0.1, 0.15) is 12.5 Å². The average Bonchev–Trinajstić information content (AvgIpc) is 2.17. The van der Waals surface area contributed by atoms with Crippen molar-refractivity contribution in [1.29, 1.82) is 0 Å². The number of nitrogens with one attached hydrogen (secondary N) is 1. The molecule has 0 atom stereocenters. The number of aryl methyl sites for hydroxylation is 1. The molecule has 0 fully saturated rings. The molecule has 0 radical (unpaired) electrons. The topological polar surface area (TPSA) is 41.1 Å². The van der Waals surface area contributed by atoms with Gasteiger partial charge in [0.1, 0.15) is 5.82 Å². The van der Waals surface area contributed by atoms with Crippen molar-refractivity contribution < 1.29 is 0 Å². The molecule has 4 nitrogen and oxygen atoms in total. The molecule has 13 heavy (non-hydrogen) atoms. The summed E-state index contributed by atoms with van der Waals surface area (Å²) in [6.45, 7) is 5.06. The third-order valence-electron chi connectivity index (χ3n) is 2.00. The second-order valence-electron chi connectivity index (χ2n) is 2.96. The number of anilines is 2. The Morgan fingerprint density at radius 2 is 2.23 bits per heavy atom. The zero-order chi connectivity index (χ0) is 9.84. The van der Waals surface area contributed by atoms with Crippen LogP contribution in [0, 0.1) is 6.92 Å². The predicted octanol–water partition coefficient (Wildman–Crippen LogP) is 1.28. The van der Waals surface area contributed by atoms with Crippen molar-refractivity contribution in [1.82, 2.24) is 9.97 Å². The van der Waals surface area contributed by atoms with E-state index in [4.69, 9.17) is 0 Å². The Hall–Kier alpha value is -1.32. The van der Waals surface area contributed by atoms with E-state index in [0.717, 1.165) is 17.9 Å². The number of hydrogen-bond donors (Lipinski definition) is 1. The highest BCUT2D eigenvalue weighted by Crippen LogP contribution is 2.15. The smallest absolute Gasteiger partial charge is 0.224 e. The second kappa shape index (κ2) is 4.07. The summed E-state index contributed by atoms with van der Waals surface area (Å²) in [5.74, 6) is 1.66. The van der Waals surface area contributed by atoms with Gasteiger partial charge in [0, 0.05) is 32.4 Å². The van der Waals surface area contributed by atoms with Crippen LogP contribution < -0.4 is 10.2 Å². The van der Waals surface area contributed by atoms with Crippen LogP contribution in [0.25, 0.3) is 0 Å². The highest BCUT2D eigenvalue weighted by atomic mass is 15.2. The van der Waals surface area contributed by atoms with E-state index in [-0.39, 0.29) is 0 Å². The second-order valence-corrected chi connectivity index (χ2v) is 2.96. The van der Waals surface area contributed by atoms with E-state index in [0.29, 0.717) is 5.95 Å². The standard InChI is InChI=1S/C9H16N4/c1-5-13(4)8-7(2)6-11-9(10-3)12-8/h6H,5H2,1-4H3,(H,10,11,12). The molecule has 1 rings (SSSR count). The van der Waals surface area contributed by atoms with Gasteiger partial charge in [-0.05, 0) is 13.8 Å². The van der Waals surface area contributed by atoms with Crippen LogP contribution in [0.15, 0.2) is 6.20 Å². The first-order valence-corrected chi connectivity index (χ1v) is 4.41. The van der Waals surface area contributed by atoms with Crippen LogP contribution in [-0.2, 0) is 0 Å². The first kappa shape index (κ1) is 9.77. The summed E-state index contributed by atoms with van der Waals surface area (Å²) in [5, 5.41) is 2.92. The van der Waals surface area contributed by atoms with Gasteiger partial charge in [0.25, 0.3) is 0 Å². The lowest BCUT2D eigenvalue weighted by atomic mass is 10.3. The van der Waals surface area contributed by atoms with Crippen molar-refractivity contribution in [3.63, 3.8) is 0 Å². The van der Waals surface area contributed by atoms with Crippen molar-refractivity contribution in [2.24, 2.45) is 0 Å². The SMILES string of the molecule is CCN(C)c1nc(NC)ncc1C. The fraction of sp³-hybridized carbons (Fsp3) is 0.556. The molecule has 0 unspecified atom stereocenters. The Morgan fingerprint density at radius 3 is 2.77 bits per heavy atom. The first-order chi connectivity index (χ1) is 6.19. The Kier molecular flexibility index (Phi) is 3.06. The van der Waals surface area contributed by atoms with Gasteiger partial charge in [0.05, 0.1) is 0 Å². The predicted molar refractivity (Wildman–Crippen MR) is 55.3 cm³/mol. The van der Waals surface area contributed by atoms with Gasteiger partial charge in [0.2, 0.25) is 5.95 Å². The number of hydrogen-bond acceptors (Lipinski definition) is 4. The Morgan fingerprint density at radius 1 is 1.54 bits per heavy atom. The summed E-state index contributed by atoms with van der Waals surface area (Å²) < 4.78 is 0. The van der Waals surface area contributed by atoms with Gasteiger partial charge in [0.15, 0.2) is 0 Å². The third-order valence-corrected chi connectivity index (χ3v) is 2.00. The fourth-order valence-corrected chi connectivity index (χ4v) is 1.09. The largest absolute Gasteiger partial charge is 0.360 e. The Bertz CT molecular complexity index is 285. The van der Waals surface area contributed by atoms with E-state index in [9.17, 15) is 0 Å². The lowest BCUT2D eigenvalue weighted by Crippen LogP contribution is -2.19. The molecule has 72 valence electrons. The summed E-state index contributed by atoms with van der Waals surface area (Å²) >= 11 is 0. The number of aromatic nitrogens is 2. The zero-order valence-corrected chi connectivity index (χ0v) is 8.63. The molecule has 0 spiro atoms. The van der Waals surface area contributed by atoms with Gasteiger partial charge < -0.3 is 10.2 Å². The maximum atomic E-state index is 4.37. The van der Waals surface area contributed by atoms with E-state index in [1.54, 1.807) is 0 Å². The van der Waals surface area contributed by atoms with Crippen LogP contribution in [0.4, 0.5) is 11.8 Å². The summed E-state index contributed by atoms with van der Waals surface area (Å²) in [5.41, 5.74) is 1.10. The van der Waals surface area contributed by atoms with Crippen LogP contribution in [0.3, 0.4) is 0 Å². The van der Waals surface area contributed by atoms with Gasteiger partial charge in [-0.25, -0.2) is 4.98 Å². The molecule has 1 aromatic rings. The molecule has 0 amide bonds. The minimum atomic E-state index is 0.668. The molecule has 0 aliphatic heterocycles. The quantitative estimate of drug-likeness (QED) is 0.760. The van der Waals surface area contributed by atoms with Crippen molar-refractivity contribution >= 4 is 11.8 Å². The molecule has 0 aromatic carbocycles. The van der Waals surface area contributed by atoms with Gasteiger partial charge in [-0.3, -0.25) is 0 Å². The van der Waals surface area contributed by atoms with Crippen LogP contribution in [-0.4, -0.2) is 30.6 Å². The lowest BCUT2D eigenvalue weighted by Gasteiger charge is -2.17. The van der Waals surface area contributed by atoms with Crippen molar-refractivity contribution in [3.05, 3.63) is 11.8 Å². The molecule has 1 aromatic heterocycles. The molecule has 0 saturated carbocycles. The molecular formula is C9H16N4. The Balaban J connectivity index is 3.03. The molecule has 0 aliphatic rings. The maximum absolute atomic E-state index is 4.37. The van der Waals surface area contributed by atoms with E-state index < -0.39 is 0 Å². The van der Waals surface area contributed by atoms with Gasteiger partial charge in [-0.2, -0.15) is 4.98 Å². The van der Waals surface area contributed by atoms with Crippen LogP contribution in [0.5, 0.6) is 0 Å². The summed E-state index contributed by atoms with van der Waals surface area (Å²) in [6, 6.07) is 0. The lowest BCUT2D eigenvalue weighted by molar-refractivity contribution is 0.919. The molecule has 1 heterocycles. The monoisotopic (exact) mass is 180 g/mol. The Labute approximate surface area is 79.0 Å². The van der Waals surface area contributed by atoms with E-state index in [1.165, 1.54) is 0 Å². The molecule has 0 bridgehead atoms. The number of nitrogens with zero attached hydrogens (tertiary/aromatic N) is 3. The van der Waals surface area contributed by atoms with Gasteiger partial charge in [-0.15, -0.1) is 0 Å². The third kappa shape index (κ3) is 2.08. The van der Waals surface area contributed by atoms with Crippen LogP contribution in [0.2, 0.25) is 0 Å². The molecule has 0 aliphatic carbocycles. The highest BCUT2D eigenvalue weighted by Gasteiger charge is 2.05. The van der Waals surface area contributed by atoms with Gasteiger partial charge >= 0.3 is 0 Å². The normalized spacial score (nSPS) is 9.85. The molecule has 1 N–H and O–H groups in total. The molecule has 4 heteroatoms. The van der Waals surface area contributed by atoms with Crippen molar-refractivity contribution in [2.45, 2.75) is 13.8 Å². The summed E-state index contributed by atoms with van der Waals surface area (Å²) in [4.78, 5) is 10.6. The average molecular weight is 180 g/mol. The zero-order valence-electron chi connectivity index (χ0n) is 8.63. The summed E-state index contributed by atoms with van der Waals surface area (Å²) in [6.07, 6.45) is 1.83. The van der Waals surface area contributed by atoms with E-state index in [2.05, 4.69) is 27.1 Å². The van der Waals surface area contributed by atoms with E-state index in [1.807, 2.05) is 27.2 Å². The minimum absolute atomic E-state index is 0.668. The molecular weight excluding hydrogens is 164 g/mol. The first-order valence-electron chi connectivity index (χ1n) is 4.41. The van der Waals surface area contributed by atoms with Crippen LogP contribution >= 0.6 is 0 Å². The minimum Gasteiger partial charge on any atom is -0.360 e.